The highest BCUT2D eigenvalue weighted by Gasteiger charge is 1.99. The average molecular weight is 146 g/mol. The Balaban J connectivity index is 3.26. The standard InChI is InChI=1S/C6H14N2O2/c1-3-6(9)5-10-8(7)4-2/h3-5,7H2,1-2H3. The molecule has 2 N–H and O–H groups in total. The summed E-state index contributed by atoms with van der Waals surface area (Å²) in [5.41, 5.74) is 0. The van der Waals surface area contributed by atoms with Crippen LogP contribution in [-0.2, 0) is 9.63 Å². The maximum absolute atomic E-state index is 10.6. The molecule has 0 aromatic rings. The lowest BCUT2D eigenvalue weighted by atomic mass is 10.3. The summed E-state index contributed by atoms with van der Waals surface area (Å²) in [5.74, 6) is 5.29. The van der Waals surface area contributed by atoms with Crippen molar-refractivity contribution in [2.75, 3.05) is 13.2 Å². The summed E-state index contributed by atoms with van der Waals surface area (Å²) >= 11 is 0. The molecule has 0 aromatic carbocycles. The smallest absolute Gasteiger partial charge is 0.160 e. The molecule has 0 radical (unpaired) electrons. The molecule has 10 heavy (non-hydrogen) atoms. The Kier molecular flexibility index (Phi) is 5.10. The third kappa shape index (κ3) is 4.43. The van der Waals surface area contributed by atoms with Crippen LogP contribution < -0.4 is 5.84 Å². The van der Waals surface area contributed by atoms with E-state index in [4.69, 9.17) is 10.7 Å². The molecule has 4 heteroatoms. The molecule has 0 spiro atoms. The predicted molar refractivity (Wildman–Crippen MR) is 37.8 cm³/mol. The van der Waals surface area contributed by atoms with Gasteiger partial charge in [-0.25, -0.2) is 5.84 Å². The first-order chi connectivity index (χ1) is 4.70. The average Bonchev–Trinajstić information content (AvgIpc) is 1.99. The van der Waals surface area contributed by atoms with Gasteiger partial charge in [-0.05, 0) is 6.92 Å². The number of nitrogens with two attached hydrogens (primary N) is 1. The molecule has 0 aliphatic heterocycles. The largest absolute Gasteiger partial charge is 0.297 e. The minimum absolute atomic E-state index is 0.0592. The van der Waals surface area contributed by atoms with E-state index in [1.54, 1.807) is 6.92 Å². The third-order valence-electron chi connectivity index (χ3n) is 1.10. The van der Waals surface area contributed by atoms with Gasteiger partial charge in [-0.1, -0.05) is 6.92 Å². The fourth-order valence-electron chi connectivity index (χ4n) is 0.348. The lowest BCUT2D eigenvalue weighted by Crippen LogP contribution is -2.32. The van der Waals surface area contributed by atoms with Gasteiger partial charge in [0.15, 0.2) is 5.78 Å². The second kappa shape index (κ2) is 5.34. The van der Waals surface area contributed by atoms with Crippen LogP contribution in [0, 0.1) is 0 Å². The number of rotatable bonds is 5. The molecular weight excluding hydrogens is 132 g/mol. The maximum Gasteiger partial charge on any atom is 0.160 e. The van der Waals surface area contributed by atoms with Crippen LogP contribution in [0.15, 0.2) is 0 Å². The van der Waals surface area contributed by atoms with Crippen LogP contribution >= 0.6 is 0 Å². The van der Waals surface area contributed by atoms with Gasteiger partial charge in [0.1, 0.15) is 6.61 Å². The Morgan fingerprint density at radius 1 is 1.60 bits per heavy atom. The van der Waals surface area contributed by atoms with Crippen molar-refractivity contribution in [3.8, 4) is 0 Å². The molecule has 0 saturated heterocycles. The number of hydrazine groups is 1. The molecule has 0 aliphatic carbocycles. The van der Waals surface area contributed by atoms with Crippen molar-refractivity contribution in [1.82, 2.24) is 5.17 Å². The van der Waals surface area contributed by atoms with E-state index in [1.165, 1.54) is 0 Å². The Morgan fingerprint density at radius 3 is 2.60 bits per heavy atom. The van der Waals surface area contributed by atoms with Gasteiger partial charge in [-0.2, -0.15) is 0 Å². The van der Waals surface area contributed by atoms with Crippen molar-refractivity contribution in [2.45, 2.75) is 20.3 Å². The normalized spacial score (nSPS) is 10.4. The van der Waals surface area contributed by atoms with Crippen LogP contribution in [0.4, 0.5) is 0 Å². The van der Waals surface area contributed by atoms with Crippen molar-refractivity contribution in [2.24, 2.45) is 5.84 Å². The molecule has 4 nitrogen and oxygen atoms in total. The predicted octanol–water partition coefficient (Wildman–Crippen LogP) is 0.0927. The molecule has 0 unspecified atom stereocenters. The van der Waals surface area contributed by atoms with Gasteiger partial charge < -0.3 is 0 Å². The van der Waals surface area contributed by atoms with Crippen molar-refractivity contribution >= 4 is 5.78 Å². The van der Waals surface area contributed by atoms with Crippen molar-refractivity contribution < 1.29 is 9.63 Å². The summed E-state index contributed by atoms with van der Waals surface area (Å²) in [5, 5.41) is 1.15. The van der Waals surface area contributed by atoms with Crippen LogP contribution in [0.1, 0.15) is 20.3 Å². The first-order valence-corrected chi connectivity index (χ1v) is 3.37. The van der Waals surface area contributed by atoms with Crippen molar-refractivity contribution in [1.29, 1.82) is 0 Å². The summed E-state index contributed by atoms with van der Waals surface area (Å²) < 4.78 is 0. The molecule has 0 amide bonds. The number of carbonyl (C=O) groups is 1. The highest BCUT2D eigenvalue weighted by Crippen LogP contribution is 1.84. The van der Waals surface area contributed by atoms with Crippen molar-refractivity contribution in [3.63, 3.8) is 0 Å². The van der Waals surface area contributed by atoms with Gasteiger partial charge in [0.25, 0.3) is 0 Å². The van der Waals surface area contributed by atoms with Gasteiger partial charge in [-0.3, -0.25) is 9.63 Å². The van der Waals surface area contributed by atoms with Crippen molar-refractivity contribution in [3.05, 3.63) is 0 Å². The number of ketones is 1. The third-order valence-corrected chi connectivity index (χ3v) is 1.10. The first-order valence-electron chi connectivity index (χ1n) is 3.37. The van der Waals surface area contributed by atoms with Gasteiger partial charge in [0.2, 0.25) is 0 Å². The van der Waals surface area contributed by atoms with E-state index >= 15 is 0 Å². The van der Waals surface area contributed by atoms with Gasteiger partial charge >= 0.3 is 0 Å². The Morgan fingerprint density at radius 2 is 2.20 bits per heavy atom. The fraction of sp³-hybridized carbons (Fsp3) is 0.833. The maximum atomic E-state index is 10.6. The second-order valence-electron chi connectivity index (χ2n) is 1.90. The summed E-state index contributed by atoms with van der Waals surface area (Å²) in [6.07, 6.45) is 0.498. The molecule has 0 fully saturated rings. The number of hydroxylamine groups is 1. The lowest BCUT2D eigenvalue weighted by molar-refractivity contribution is -0.169. The van der Waals surface area contributed by atoms with Gasteiger partial charge in [0, 0.05) is 13.0 Å². The van der Waals surface area contributed by atoms with E-state index in [-0.39, 0.29) is 12.4 Å². The highest BCUT2D eigenvalue weighted by molar-refractivity contribution is 5.79. The van der Waals surface area contributed by atoms with E-state index in [0.717, 1.165) is 5.17 Å². The molecule has 60 valence electrons. The topological polar surface area (TPSA) is 55.6 Å². The number of nitrogens with zero attached hydrogens (tertiary/aromatic N) is 1. The zero-order chi connectivity index (χ0) is 7.98. The molecular formula is C6H14N2O2. The molecule has 0 aliphatic rings. The first kappa shape index (κ1) is 9.55. The summed E-state index contributed by atoms with van der Waals surface area (Å²) in [7, 11) is 0. The highest BCUT2D eigenvalue weighted by atomic mass is 16.7. The molecule has 0 heterocycles. The summed E-state index contributed by atoms with van der Waals surface area (Å²) in [4.78, 5) is 15.4. The van der Waals surface area contributed by atoms with E-state index in [2.05, 4.69) is 0 Å². The monoisotopic (exact) mass is 146 g/mol. The number of hydrogen-bond donors (Lipinski definition) is 1. The van der Waals surface area contributed by atoms with Crippen LogP contribution in [0.2, 0.25) is 0 Å². The van der Waals surface area contributed by atoms with E-state index in [0.29, 0.717) is 13.0 Å². The molecule has 0 rings (SSSR count). The lowest BCUT2D eigenvalue weighted by Gasteiger charge is -2.11. The van der Waals surface area contributed by atoms with E-state index < -0.39 is 0 Å². The minimum Gasteiger partial charge on any atom is -0.297 e. The summed E-state index contributed by atoms with van der Waals surface area (Å²) in [6.45, 7) is 4.30. The van der Waals surface area contributed by atoms with E-state index in [9.17, 15) is 4.79 Å². The Hall–Kier alpha value is -0.450. The van der Waals surface area contributed by atoms with Crippen LogP contribution in [0.25, 0.3) is 0 Å². The molecule has 0 aromatic heterocycles. The SMILES string of the molecule is CCC(=O)CON(N)CC. The number of hydrogen-bond acceptors (Lipinski definition) is 4. The number of carbonyl (C=O) groups excluding carboxylic acids is 1. The Bertz CT molecular complexity index is 106. The van der Waals surface area contributed by atoms with Crippen LogP contribution in [0.5, 0.6) is 0 Å². The van der Waals surface area contributed by atoms with Crippen LogP contribution in [0.3, 0.4) is 0 Å². The zero-order valence-electron chi connectivity index (χ0n) is 6.46. The fourth-order valence-corrected chi connectivity index (χ4v) is 0.348. The van der Waals surface area contributed by atoms with Gasteiger partial charge in [-0.15, -0.1) is 5.17 Å². The van der Waals surface area contributed by atoms with E-state index in [1.807, 2.05) is 6.92 Å². The Labute approximate surface area is 60.9 Å². The van der Waals surface area contributed by atoms with Crippen LogP contribution in [-0.4, -0.2) is 24.1 Å². The number of Topliss-reactive ketones (excluding diaryl/α,β-unsaturated/α-hetero) is 1. The van der Waals surface area contributed by atoms with Gasteiger partial charge in [0.05, 0.1) is 0 Å². The zero-order valence-corrected chi connectivity index (χ0v) is 6.46. The quantitative estimate of drug-likeness (QED) is 0.441. The second-order valence-corrected chi connectivity index (χ2v) is 1.90. The summed E-state index contributed by atoms with van der Waals surface area (Å²) in [6, 6.07) is 0. The molecule has 0 saturated carbocycles. The molecule has 0 atom stereocenters. The molecule has 0 bridgehead atoms. The minimum atomic E-state index is 0.0592.